The van der Waals surface area contributed by atoms with Crippen LogP contribution in [0.4, 0.5) is 35.4 Å². The lowest BCUT2D eigenvalue weighted by Gasteiger charge is -2.42. The molecular weight excluding hydrogens is 429 g/mol. The lowest BCUT2D eigenvalue weighted by molar-refractivity contribution is -0.146. The second kappa shape index (κ2) is 7.89. The van der Waals surface area contributed by atoms with Gasteiger partial charge in [-0.05, 0) is 31.5 Å². The molecule has 2 bridgehead atoms. The highest BCUT2D eigenvalue weighted by Gasteiger charge is 2.49. The van der Waals surface area contributed by atoms with Gasteiger partial charge in [-0.15, -0.1) is 0 Å². The van der Waals surface area contributed by atoms with Crippen LogP contribution in [0.3, 0.4) is 0 Å². The Labute approximate surface area is 181 Å². The zero-order chi connectivity index (χ0) is 23.1. The molecule has 0 spiro atoms. The average molecular weight is 450 g/mol. The number of nitrogens with two attached hydrogens (primary N) is 1. The van der Waals surface area contributed by atoms with Crippen molar-refractivity contribution >= 4 is 29.4 Å². The number of rotatable bonds is 4. The van der Waals surface area contributed by atoms with Gasteiger partial charge in [0.2, 0.25) is 5.95 Å². The van der Waals surface area contributed by atoms with Crippen molar-refractivity contribution in [3.05, 3.63) is 36.3 Å². The van der Waals surface area contributed by atoms with Gasteiger partial charge in [0.25, 0.3) is 5.91 Å². The van der Waals surface area contributed by atoms with Crippen molar-refractivity contribution < 1.29 is 22.8 Å². The van der Waals surface area contributed by atoms with Crippen molar-refractivity contribution in [3.63, 3.8) is 0 Å². The van der Waals surface area contributed by atoms with Gasteiger partial charge >= 0.3 is 12.2 Å². The number of halogens is 3. The summed E-state index contributed by atoms with van der Waals surface area (Å²) in [5.74, 6) is -0.479. The van der Waals surface area contributed by atoms with Crippen LogP contribution in [0, 0.1) is 0 Å². The van der Waals surface area contributed by atoms with Crippen LogP contribution in [0.25, 0.3) is 0 Å². The molecule has 32 heavy (non-hydrogen) atoms. The predicted octanol–water partition coefficient (Wildman–Crippen LogP) is 1.51. The number of aromatic nitrogens is 3. The molecule has 3 amide bonds. The highest BCUT2D eigenvalue weighted by atomic mass is 19.4. The summed E-state index contributed by atoms with van der Waals surface area (Å²) in [4.78, 5) is 41.4. The van der Waals surface area contributed by atoms with Crippen LogP contribution in [0.2, 0.25) is 0 Å². The molecule has 170 valence electrons. The molecule has 0 saturated carbocycles. The van der Waals surface area contributed by atoms with E-state index in [1.54, 1.807) is 12.1 Å². The van der Waals surface area contributed by atoms with Gasteiger partial charge in [0.05, 0.1) is 11.2 Å². The lowest BCUT2D eigenvalue weighted by Crippen LogP contribution is -2.56. The smallest absolute Gasteiger partial charge is 0.366 e. The molecule has 2 aromatic rings. The third-order valence-corrected chi connectivity index (χ3v) is 5.52. The molecule has 0 aliphatic carbocycles. The molecule has 13 heteroatoms. The number of nitrogens with zero attached hydrogens (tertiary/aromatic N) is 5. The average Bonchev–Trinajstić information content (AvgIpc) is 3.09. The zero-order valence-corrected chi connectivity index (χ0v) is 17.1. The number of nitrogens with one attached hydrogen (secondary N) is 2. The Morgan fingerprint density at radius 2 is 2.00 bits per heavy atom. The molecule has 1 saturated heterocycles. The Hall–Kier alpha value is -3.48. The van der Waals surface area contributed by atoms with Gasteiger partial charge in [-0.3, -0.25) is 15.0 Å². The summed E-state index contributed by atoms with van der Waals surface area (Å²) in [5.41, 5.74) is 4.96. The summed E-state index contributed by atoms with van der Waals surface area (Å²) >= 11 is 0. The maximum Gasteiger partial charge on any atom is 0.405 e. The number of alkyl halides is 3. The molecule has 10 nitrogen and oxygen atoms in total. The minimum Gasteiger partial charge on any atom is -0.366 e. The first kappa shape index (κ1) is 21.7. The minimum atomic E-state index is -4.63. The second-order valence-corrected chi connectivity index (χ2v) is 7.90. The molecule has 4 rings (SSSR count). The Morgan fingerprint density at radius 1 is 1.28 bits per heavy atom. The topological polar surface area (TPSA) is 129 Å². The Balaban J connectivity index is 1.61. The molecule has 2 aromatic heterocycles. The van der Waals surface area contributed by atoms with Gasteiger partial charge in [-0.2, -0.15) is 13.2 Å². The third kappa shape index (κ3) is 4.02. The van der Waals surface area contributed by atoms with E-state index in [1.165, 1.54) is 23.4 Å². The standard InChI is InChI=1S/C19H21F3N8O2/c1-18-5-8-29(10-18)12-4-3-11(15(31)26-9-13(23)19(20,21)22)27-14(12)30(18)17(32)28-16-24-6-2-7-25-16/h2-4,6-7,13H,5,8-10,23H2,1H3,(H,26,31)(H,24,25,28,32)/t13?,18-/m0/s1. The number of carbonyl (C=O) groups is 2. The van der Waals surface area contributed by atoms with E-state index in [-0.39, 0.29) is 17.5 Å². The first-order chi connectivity index (χ1) is 15.1. The lowest BCUT2D eigenvalue weighted by atomic mass is 9.97. The van der Waals surface area contributed by atoms with Crippen molar-refractivity contribution in [1.29, 1.82) is 0 Å². The monoisotopic (exact) mass is 450 g/mol. The summed E-state index contributed by atoms with van der Waals surface area (Å²) in [5, 5.41) is 4.77. The molecule has 0 aromatic carbocycles. The first-order valence-electron chi connectivity index (χ1n) is 9.83. The van der Waals surface area contributed by atoms with E-state index in [0.29, 0.717) is 25.2 Å². The summed E-state index contributed by atoms with van der Waals surface area (Å²) in [6, 6.07) is 1.93. The highest BCUT2D eigenvalue weighted by molar-refractivity contribution is 6.05. The van der Waals surface area contributed by atoms with Crippen molar-refractivity contribution in [1.82, 2.24) is 20.3 Å². The number of amides is 3. The second-order valence-electron chi connectivity index (χ2n) is 7.90. The summed E-state index contributed by atoms with van der Waals surface area (Å²) in [6.07, 6.45) is -1.00. The van der Waals surface area contributed by atoms with Crippen LogP contribution in [0.15, 0.2) is 30.6 Å². The van der Waals surface area contributed by atoms with Gasteiger partial charge in [0.1, 0.15) is 11.7 Å². The highest BCUT2D eigenvalue weighted by Crippen LogP contribution is 2.44. The van der Waals surface area contributed by atoms with E-state index in [4.69, 9.17) is 5.73 Å². The maximum absolute atomic E-state index is 13.2. The summed E-state index contributed by atoms with van der Waals surface area (Å²) in [6.45, 7) is 2.36. The number of pyridine rings is 1. The quantitative estimate of drug-likeness (QED) is 0.644. The largest absolute Gasteiger partial charge is 0.405 e. The van der Waals surface area contributed by atoms with E-state index in [2.05, 4.69) is 25.6 Å². The van der Waals surface area contributed by atoms with Crippen LogP contribution in [-0.2, 0) is 0 Å². The fourth-order valence-electron chi connectivity index (χ4n) is 3.83. The molecule has 1 unspecified atom stereocenters. The van der Waals surface area contributed by atoms with Crippen molar-refractivity contribution in [2.24, 2.45) is 5.73 Å². The van der Waals surface area contributed by atoms with Gasteiger partial charge in [0, 0.05) is 32.0 Å². The Morgan fingerprint density at radius 3 is 2.69 bits per heavy atom. The third-order valence-electron chi connectivity index (χ3n) is 5.52. The molecule has 4 heterocycles. The van der Waals surface area contributed by atoms with Gasteiger partial charge in [0.15, 0.2) is 5.82 Å². The van der Waals surface area contributed by atoms with Crippen molar-refractivity contribution in [2.75, 3.05) is 34.8 Å². The van der Waals surface area contributed by atoms with E-state index in [0.717, 1.165) is 0 Å². The molecule has 2 aliphatic rings. The Bertz CT molecular complexity index is 1030. The fraction of sp³-hybridized carbons (Fsp3) is 0.421. The molecule has 2 aliphatic heterocycles. The van der Waals surface area contributed by atoms with E-state index in [9.17, 15) is 22.8 Å². The summed E-state index contributed by atoms with van der Waals surface area (Å²) in [7, 11) is 0. The normalized spacial score (nSPS) is 20.5. The molecule has 2 atom stereocenters. The maximum atomic E-state index is 13.2. The minimum absolute atomic E-state index is 0.109. The van der Waals surface area contributed by atoms with Crippen LogP contribution >= 0.6 is 0 Å². The SMILES string of the molecule is C[C@]12CCN(C1)c1ccc(C(=O)NCC(N)C(F)(F)F)nc1N2C(=O)Nc1ncccn1. The van der Waals surface area contributed by atoms with E-state index in [1.807, 2.05) is 11.8 Å². The molecule has 1 fully saturated rings. The molecule has 0 radical (unpaired) electrons. The zero-order valence-electron chi connectivity index (χ0n) is 17.1. The van der Waals surface area contributed by atoms with Crippen molar-refractivity contribution in [3.8, 4) is 0 Å². The van der Waals surface area contributed by atoms with Gasteiger partial charge < -0.3 is 16.0 Å². The van der Waals surface area contributed by atoms with E-state index < -0.39 is 36.2 Å². The fourth-order valence-corrected chi connectivity index (χ4v) is 3.83. The van der Waals surface area contributed by atoms with Crippen LogP contribution in [0.5, 0.6) is 0 Å². The van der Waals surface area contributed by atoms with Gasteiger partial charge in [-0.25, -0.2) is 19.7 Å². The Kier molecular flexibility index (Phi) is 5.36. The summed E-state index contributed by atoms with van der Waals surface area (Å²) < 4.78 is 37.9. The van der Waals surface area contributed by atoms with Crippen LogP contribution in [-0.4, -0.2) is 64.3 Å². The first-order valence-corrected chi connectivity index (χ1v) is 9.83. The van der Waals surface area contributed by atoms with Crippen molar-refractivity contribution in [2.45, 2.75) is 31.1 Å². The predicted molar refractivity (Wildman–Crippen MR) is 109 cm³/mol. The van der Waals surface area contributed by atoms with Gasteiger partial charge in [-0.1, -0.05) is 0 Å². The molecular formula is C19H21F3N8O2. The number of hydrogen-bond acceptors (Lipinski definition) is 7. The number of anilines is 3. The number of urea groups is 1. The number of carbonyl (C=O) groups excluding carboxylic acids is 2. The number of hydrogen-bond donors (Lipinski definition) is 3. The van der Waals surface area contributed by atoms with Crippen LogP contribution < -0.4 is 26.2 Å². The number of fused-ring (bicyclic) bond motifs is 4. The van der Waals surface area contributed by atoms with Crippen LogP contribution in [0.1, 0.15) is 23.8 Å². The van der Waals surface area contributed by atoms with E-state index >= 15 is 0 Å². The molecule has 4 N–H and O–H groups in total.